The summed E-state index contributed by atoms with van der Waals surface area (Å²) in [6.07, 6.45) is 11.4. The zero-order valence-corrected chi connectivity index (χ0v) is 20.0. The van der Waals surface area contributed by atoms with Gasteiger partial charge in [0.15, 0.2) is 0 Å². The van der Waals surface area contributed by atoms with Crippen molar-refractivity contribution in [2.45, 2.75) is 6.42 Å². The quantitative estimate of drug-likeness (QED) is 0.173. The van der Waals surface area contributed by atoms with Crippen molar-refractivity contribution in [3.63, 3.8) is 0 Å². The predicted molar refractivity (Wildman–Crippen MR) is 139 cm³/mol. The van der Waals surface area contributed by atoms with Gasteiger partial charge in [-0.2, -0.15) is 4.39 Å². The Morgan fingerprint density at radius 1 is 1.23 bits per heavy atom. The van der Waals surface area contributed by atoms with Crippen LogP contribution < -0.4 is 27.3 Å². The average Bonchev–Trinajstić information content (AvgIpc) is 3.31. The van der Waals surface area contributed by atoms with Gasteiger partial charge in [0.05, 0.1) is 10.1 Å². The zero-order chi connectivity index (χ0) is 25.2. The third-order valence-corrected chi connectivity index (χ3v) is 4.98. The van der Waals surface area contributed by atoms with Gasteiger partial charge in [-0.25, -0.2) is 4.98 Å². The third kappa shape index (κ3) is 7.06. The van der Waals surface area contributed by atoms with Gasteiger partial charge in [0.2, 0.25) is 12.4 Å². The Kier molecular flexibility index (Phi) is 9.24. The van der Waals surface area contributed by atoms with E-state index in [1.54, 1.807) is 35.0 Å². The van der Waals surface area contributed by atoms with E-state index in [1.165, 1.54) is 18.3 Å². The lowest BCUT2D eigenvalue weighted by Crippen LogP contribution is -2.36. The maximum atomic E-state index is 13.4. The van der Waals surface area contributed by atoms with Gasteiger partial charge in [0.1, 0.15) is 0 Å². The van der Waals surface area contributed by atoms with Gasteiger partial charge in [-0.3, -0.25) is 19.2 Å². The second kappa shape index (κ2) is 12.6. The van der Waals surface area contributed by atoms with Crippen molar-refractivity contribution in [1.29, 1.82) is 0 Å². The number of carbonyl (C=O) groups is 1. The lowest BCUT2D eigenvalue weighted by atomic mass is 10.0. The number of nitrogens with one attached hydrogen (secondary N) is 2. The molecule has 4 N–H and O–H groups in total. The molecule has 1 aliphatic rings. The fourth-order valence-electron chi connectivity index (χ4n) is 3.22. The second-order valence-electron chi connectivity index (χ2n) is 7.00. The Balaban J connectivity index is 0.00000108. The number of hydrogen-bond acceptors (Lipinski definition) is 7. The minimum absolute atomic E-state index is 0.145. The SMILES string of the molecule is NC=O.O=c1ccccn1-c1ccc(N2C=C(C/C=C/C=C(\S)Cl)NN2)c(-c2ccc(F)nc2)c1. The number of allylic oxidation sites excluding steroid dienone is 3. The van der Waals surface area contributed by atoms with Crippen LogP contribution >= 0.6 is 24.2 Å². The van der Waals surface area contributed by atoms with Crippen LogP contribution in [-0.2, 0) is 4.79 Å². The minimum Gasteiger partial charge on any atom is -0.372 e. The molecule has 0 saturated heterocycles. The standard InChI is InChI=1S/C23H19ClFN5OS.CH3NO/c24-21(32)6-2-1-5-17-15-30(28-27-17)20-10-9-18(29-12-4-3-7-23(29)31)13-19(20)16-8-11-22(25)26-14-16;2-1-3/h1-4,6-15,27-28,32H,5H2;1H,(H2,2,3)/b2-1+,21-6-;. The van der Waals surface area contributed by atoms with Crippen LogP contribution in [-0.4, -0.2) is 16.0 Å². The van der Waals surface area contributed by atoms with Crippen molar-refractivity contribution in [3.05, 3.63) is 112 Å². The van der Waals surface area contributed by atoms with Crippen molar-refractivity contribution in [2.75, 3.05) is 5.01 Å². The number of benzene rings is 1. The molecule has 11 heteroatoms. The Hall–Kier alpha value is -3.86. The molecule has 0 bridgehead atoms. The molecule has 2 aromatic heterocycles. The highest BCUT2D eigenvalue weighted by atomic mass is 35.5. The molecule has 180 valence electrons. The van der Waals surface area contributed by atoms with Crippen LogP contribution in [0.2, 0.25) is 0 Å². The summed E-state index contributed by atoms with van der Waals surface area (Å²) in [4.78, 5) is 24.7. The molecule has 0 saturated carbocycles. The minimum atomic E-state index is -0.559. The molecule has 0 atom stereocenters. The second-order valence-corrected chi connectivity index (χ2v) is 8.15. The number of thiol groups is 1. The molecule has 1 amide bonds. The Morgan fingerprint density at radius 3 is 2.71 bits per heavy atom. The number of anilines is 1. The lowest BCUT2D eigenvalue weighted by molar-refractivity contribution is -0.106. The molecule has 35 heavy (non-hydrogen) atoms. The Labute approximate surface area is 211 Å². The molecule has 3 aromatic rings. The molecule has 0 fully saturated rings. The highest BCUT2D eigenvalue weighted by Gasteiger charge is 2.18. The fraction of sp³-hybridized carbons (Fsp3) is 0.0417. The van der Waals surface area contributed by atoms with Crippen molar-refractivity contribution in [3.8, 4) is 16.8 Å². The molecular weight excluding hydrogens is 491 g/mol. The molecule has 3 heterocycles. The molecule has 0 aliphatic carbocycles. The number of amides is 1. The Bertz CT molecular complexity index is 1320. The number of rotatable bonds is 6. The van der Waals surface area contributed by atoms with E-state index in [9.17, 15) is 9.18 Å². The van der Waals surface area contributed by atoms with E-state index in [-0.39, 0.29) is 12.0 Å². The smallest absolute Gasteiger partial charge is 0.255 e. The summed E-state index contributed by atoms with van der Waals surface area (Å²) >= 11 is 9.71. The lowest BCUT2D eigenvalue weighted by Gasteiger charge is -2.20. The number of hydrazine groups is 2. The van der Waals surface area contributed by atoms with E-state index in [0.717, 1.165) is 16.9 Å². The normalized spacial score (nSPS) is 13.2. The number of halogens is 2. The first-order valence-electron chi connectivity index (χ1n) is 10.2. The number of nitrogens with zero attached hydrogens (tertiary/aromatic N) is 3. The van der Waals surface area contributed by atoms with Gasteiger partial charge in [0, 0.05) is 53.6 Å². The number of nitrogens with two attached hydrogens (primary N) is 1. The molecular formula is C24H22ClFN6O2S. The summed E-state index contributed by atoms with van der Waals surface area (Å²) in [7, 11) is 0. The van der Waals surface area contributed by atoms with E-state index in [4.69, 9.17) is 16.4 Å². The van der Waals surface area contributed by atoms with Crippen LogP contribution in [0.25, 0.3) is 16.8 Å². The average molecular weight is 513 g/mol. The van der Waals surface area contributed by atoms with Crippen molar-refractivity contribution >= 4 is 36.3 Å². The molecule has 0 unspecified atom stereocenters. The van der Waals surface area contributed by atoms with E-state index in [1.807, 2.05) is 41.6 Å². The van der Waals surface area contributed by atoms with Gasteiger partial charge in [0.25, 0.3) is 5.56 Å². The summed E-state index contributed by atoms with van der Waals surface area (Å²) in [5.74, 6) is -0.559. The van der Waals surface area contributed by atoms with Gasteiger partial charge in [-0.05, 0) is 42.5 Å². The number of hydrogen-bond donors (Lipinski definition) is 4. The predicted octanol–water partition coefficient (Wildman–Crippen LogP) is 3.77. The number of pyridine rings is 2. The Morgan fingerprint density at radius 2 is 2.03 bits per heavy atom. The molecule has 0 spiro atoms. The number of primary amides is 1. The largest absolute Gasteiger partial charge is 0.372 e. The maximum Gasteiger partial charge on any atom is 0.255 e. The molecule has 1 aliphatic heterocycles. The van der Waals surface area contributed by atoms with E-state index < -0.39 is 5.95 Å². The highest BCUT2D eigenvalue weighted by Crippen LogP contribution is 2.33. The van der Waals surface area contributed by atoms with Crippen LogP contribution in [0.4, 0.5) is 10.1 Å². The first-order valence-corrected chi connectivity index (χ1v) is 11.1. The molecule has 8 nitrogen and oxygen atoms in total. The maximum absolute atomic E-state index is 13.4. The topological polar surface area (TPSA) is 105 Å². The summed E-state index contributed by atoms with van der Waals surface area (Å²) in [6, 6.07) is 13.6. The van der Waals surface area contributed by atoms with Gasteiger partial charge < -0.3 is 11.2 Å². The van der Waals surface area contributed by atoms with E-state index in [2.05, 4.69) is 34.3 Å². The van der Waals surface area contributed by atoms with Crippen LogP contribution in [0, 0.1) is 5.95 Å². The van der Waals surface area contributed by atoms with Crippen molar-refractivity contribution in [2.24, 2.45) is 5.73 Å². The fourth-order valence-corrected chi connectivity index (χ4v) is 3.38. The molecule has 0 radical (unpaired) electrons. The first kappa shape index (κ1) is 25.8. The summed E-state index contributed by atoms with van der Waals surface area (Å²) in [6.45, 7) is 0. The molecule has 1 aromatic carbocycles. The number of aromatic nitrogens is 2. The van der Waals surface area contributed by atoms with Crippen LogP contribution in [0.15, 0.2) is 100 Å². The third-order valence-electron chi connectivity index (χ3n) is 4.71. The van der Waals surface area contributed by atoms with Gasteiger partial charge in [-0.15, -0.1) is 18.2 Å². The summed E-state index contributed by atoms with van der Waals surface area (Å²) < 4.78 is 15.4. The van der Waals surface area contributed by atoms with E-state index in [0.29, 0.717) is 22.0 Å². The van der Waals surface area contributed by atoms with Gasteiger partial charge >= 0.3 is 0 Å². The van der Waals surface area contributed by atoms with Crippen LogP contribution in [0.1, 0.15) is 6.42 Å². The molecule has 4 rings (SSSR count). The van der Waals surface area contributed by atoms with Crippen LogP contribution in [0.3, 0.4) is 0 Å². The first-order chi connectivity index (χ1) is 16.9. The van der Waals surface area contributed by atoms with Crippen LogP contribution in [0.5, 0.6) is 0 Å². The number of carbonyl (C=O) groups excluding carboxylic acids is 1. The van der Waals surface area contributed by atoms with E-state index >= 15 is 0 Å². The van der Waals surface area contributed by atoms with Gasteiger partial charge in [-0.1, -0.05) is 29.8 Å². The van der Waals surface area contributed by atoms with Crippen molar-refractivity contribution in [1.82, 2.24) is 20.5 Å². The van der Waals surface area contributed by atoms with Crippen molar-refractivity contribution < 1.29 is 9.18 Å². The highest BCUT2D eigenvalue weighted by molar-refractivity contribution is 7.86. The summed E-state index contributed by atoms with van der Waals surface area (Å²) in [5.41, 5.74) is 14.1. The summed E-state index contributed by atoms with van der Waals surface area (Å²) in [5, 5.41) is 1.82. The zero-order valence-electron chi connectivity index (χ0n) is 18.3. The monoisotopic (exact) mass is 512 g/mol.